The Labute approximate surface area is 220 Å². The SMILES string of the molecule is O=C(CCN1CCN(Cc2cccc3ccccc23)CC1)Nc1ccc2c(c1)CCC2.O=C(O)C(F)(F)F. The van der Waals surface area contributed by atoms with Crippen molar-refractivity contribution in [3.05, 3.63) is 77.4 Å². The molecule has 1 aliphatic heterocycles. The lowest BCUT2D eigenvalue weighted by molar-refractivity contribution is -0.192. The molecular formula is C29H32F3N3O3. The van der Waals surface area contributed by atoms with E-state index in [1.807, 2.05) is 6.07 Å². The lowest BCUT2D eigenvalue weighted by Gasteiger charge is -2.34. The normalized spacial score (nSPS) is 16.0. The van der Waals surface area contributed by atoms with E-state index in [9.17, 15) is 18.0 Å². The highest BCUT2D eigenvalue weighted by atomic mass is 19.4. The third-order valence-electron chi connectivity index (χ3n) is 7.02. The highest BCUT2D eigenvalue weighted by Crippen LogP contribution is 2.25. The third-order valence-corrected chi connectivity index (χ3v) is 7.02. The minimum atomic E-state index is -5.08. The molecule has 3 aromatic rings. The van der Waals surface area contributed by atoms with Crippen LogP contribution in [-0.2, 0) is 29.0 Å². The van der Waals surface area contributed by atoms with Gasteiger partial charge in [0.25, 0.3) is 0 Å². The maximum Gasteiger partial charge on any atom is 0.490 e. The lowest BCUT2D eigenvalue weighted by atomic mass is 10.0. The van der Waals surface area contributed by atoms with Crippen molar-refractivity contribution < 1.29 is 27.9 Å². The van der Waals surface area contributed by atoms with Crippen molar-refractivity contribution in [3.63, 3.8) is 0 Å². The standard InChI is InChI=1S/C27H31N3O.C2HF3O2/c31-27(28-25-12-11-21-6-3-8-23(21)19-25)13-14-29-15-17-30(18-16-29)20-24-9-4-7-22-5-1-2-10-26(22)24;3-2(4,5)1(6)7/h1-2,4-5,7,9-12,19H,3,6,8,13-18,20H2,(H,28,31);(H,6,7). The van der Waals surface area contributed by atoms with Gasteiger partial charge >= 0.3 is 12.1 Å². The molecule has 2 N–H and O–H groups in total. The maximum atomic E-state index is 12.4. The summed E-state index contributed by atoms with van der Waals surface area (Å²) in [5, 5.41) is 12.9. The summed E-state index contributed by atoms with van der Waals surface area (Å²) in [5.74, 6) is -2.64. The highest BCUT2D eigenvalue weighted by Gasteiger charge is 2.38. The topological polar surface area (TPSA) is 72.9 Å². The Bertz CT molecular complexity index is 1270. The van der Waals surface area contributed by atoms with E-state index in [1.54, 1.807) is 0 Å². The summed E-state index contributed by atoms with van der Waals surface area (Å²) < 4.78 is 31.7. The number of amides is 1. The number of benzene rings is 3. The van der Waals surface area contributed by atoms with Crippen LogP contribution < -0.4 is 5.32 Å². The molecule has 0 aromatic heterocycles. The molecule has 5 rings (SSSR count). The summed E-state index contributed by atoms with van der Waals surface area (Å²) >= 11 is 0. The summed E-state index contributed by atoms with van der Waals surface area (Å²) in [4.78, 5) is 26.3. The Morgan fingerprint density at radius 1 is 0.868 bits per heavy atom. The molecule has 202 valence electrons. The predicted octanol–water partition coefficient (Wildman–Crippen LogP) is 5.11. The zero-order valence-electron chi connectivity index (χ0n) is 21.1. The molecule has 2 aliphatic rings. The summed E-state index contributed by atoms with van der Waals surface area (Å²) in [6, 6.07) is 21.6. The molecule has 0 spiro atoms. The molecule has 0 saturated carbocycles. The first-order valence-corrected chi connectivity index (χ1v) is 12.8. The number of alkyl halides is 3. The second-order valence-corrected chi connectivity index (χ2v) is 9.69. The fourth-order valence-electron chi connectivity index (χ4n) is 4.98. The highest BCUT2D eigenvalue weighted by molar-refractivity contribution is 5.91. The Kier molecular flexibility index (Phi) is 9.01. The molecule has 1 saturated heterocycles. The van der Waals surface area contributed by atoms with E-state index in [0.717, 1.165) is 51.4 Å². The van der Waals surface area contributed by atoms with Crippen molar-refractivity contribution >= 4 is 28.3 Å². The van der Waals surface area contributed by atoms with Crippen LogP contribution in [0.1, 0.15) is 29.5 Å². The van der Waals surface area contributed by atoms with E-state index in [4.69, 9.17) is 9.90 Å². The Balaban J connectivity index is 0.000000426. The van der Waals surface area contributed by atoms with Crippen molar-refractivity contribution in [1.29, 1.82) is 0 Å². The molecule has 0 bridgehead atoms. The van der Waals surface area contributed by atoms with Crippen LogP contribution in [0.5, 0.6) is 0 Å². The first kappa shape index (κ1) is 27.6. The van der Waals surface area contributed by atoms with Gasteiger partial charge in [-0.2, -0.15) is 13.2 Å². The fourth-order valence-corrected chi connectivity index (χ4v) is 4.98. The van der Waals surface area contributed by atoms with Crippen LogP contribution in [0.4, 0.5) is 18.9 Å². The molecule has 38 heavy (non-hydrogen) atoms. The smallest absolute Gasteiger partial charge is 0.475 e. The molecule has 0 unspecified atom stereocenters. The second-order valence-electron chi connectivity index (χ2n) is 9.69. The number of nitrogens with zero attached hydrogens (tertiary/aromatic N) is 2. The third kappa shape index (κ3) is 7.55. The Morgan fingerprint density at radius 2 is 1.53 bits per heavy atom. The largest absolute Gasteiger partial charge is 0.490 e. The number of hydrogen-bond acceptors (Lipinski definition) is 4. The number of carbonyl (C=O) groups is 2. The number of anilines is 1. The lowest BCUT2D eigenvalue weighted by Crippen LogP contribution is -2.46. The maximum absolute atomic E-state index is 12.4. The van der Waals surface area contributed by atoms with Crippen LogP contribution in [0.3, 0.4) is 0 Å². The summed E-state index contributed by atoms with van der Waals surface area (Å²) in [6.07, 6.45) is -0.974. The quantitative estimate of drug-likeness (QED) is 0.466. The van der Waals surface area contributed by atoms with Crippen molar-refractivity contribution in [1.82, 2.24) is 9.80 Å². The number of aliphatic carboxylic acids is 1. The number of halogens is 3. The Morgan fingerprint density at radius 3 is 2.26 bits per heavy atom. The number of piperazine rings is 1. The van der Waals surface area contributed by atoms with E-state index in [0.29, 0.717) is 6.42 Å². The first-order chi connectivity index (χ1) is 18.2. The summed E-state index contributed by atoms with van der Waals surface area (Å²) in [5.41, 5.74) is 5.20. The molecule has 0 radical (unpaired) electrons. The van der Waals surface area contributed by atoms with E-state index in [1.165, 1.54) is 40.3 Å². The number of carboxylic acids is 1. The average molecular weight is 528 g/mol. The van der Waals surface area contributed by atoms with E-state index >= 15 is 0 Å². The number of hydrogen-bond donors (Lipinski definition) is 2. The average Bonchev–Trinajstić information content (AvgIpc) is 3.36. The summed E-state index contributed by atoms with van der Waals surface area (Å²) in [6.45, 7) is 5.98. The molecule has 9 heteroatoms. The molecule has 3 aromatic carbocycles. The van der Waals surface area contributed by atoms with E-state index in [-0.39, 0.29) is 5.91 Å². The van der Waals surface area contributed by atoms with Crippen LogP contribution in [0, 0.1) is 0 Å². The van der Waals surface area contributed by atoms with Crippen molar-refractivity contribution in [2.24, 2.45) is 0 Å². The molecular weight excluding hydrogens is 495 g/mol. The second kappa shape index (κ2) is 12.4. The number of fused-ring (bicyclic) bond motifs is 2. The minimum Gasteiger partial charge on any atom is -0.475 e. The van der Waals surface area contributed by atoms with Crippen molar-refractivity contribution in [3.8, 4) is 0 Å². The zero-order valence-corrected chi connectivity index (χ0v) is 21.1. The van der Waals surface area contributed by atoms with Crippen LogP contribution in [0.25, 0.3) is 10.8 Å². The van der Waals surface area contributed by atoms with Gasteiger partial charge in [0.1, 0.15) is 0 Å². The fraction of sp³-hybridized carbons (Fsp3) is 0.379. The summed E-state index contributed by atoms with van der Waals surface area (Å²) in [7, 11) is 0. The van der Waals surface area contributed by atoms with Crippen LogP contribution in [-0.4, -0.2) is 65.7 Å². The van der Waals surface area contributed by atoms with Crippen LogP contribution in [0.15, 0.2) is 60.7 Å². The van der Waals surface area contributed by atoms with Crippen LogP contribution in [0.2, 0.25) is 0 Å². The first-order valence-electron chi connectivity index (χ1n) is 12.8. The number of carboxylic acid groups (broad SMARTS) is 1. The van der Waals surface area contributed by atoms with Crippen molar-refractivity contribution in [2.45, 2.75) is 38.4 Å². The molecule has 6 nitrogen and oxygen atoms in total. The van der Waals surface area contributed by atoms with Gasteiger partial charge in [-0.1, -0.05) is 48.5 Å². The number of nitrogens with one attached hydrogen (secondary N) is 1. The zero-order chi connectivity index (χ0) is 27.1. The number of carbonyl (C=O) groups excluding carboxylic acids is 1. The van der Waals surface area contributed by atoms with Gasteiger partial charge in [0.15, 0.2) is 0 Å². The molecule has 0 atom stereocenters. The van der Waals surface area contributed by atoms with Crippen molar-refractivity contribution in [2.75, 3.05) is 38.0 Å². The molecule has 1 fully saturated rings. The van der Waals surface area contributed by atoms with E-state index < -0.39 is 12.1 Å². The van der Waals surface area contributed by atoms with Gasteiger partial charge in [0.05, 0.1) is 0 Å². The van der Waals surface area contributed by atoms with Gasteiger partial charge in [-0.3, -0.25) is 9.69 Å². The monoisotopic (exact) mass is 527 g/mol. The van der Waals surface area contributed by atoms with Gasteiger partial charge in [-0.15, -0.1) is 0 Å². The Hall–Kier alpha value is -3.43. The molecule has 1 amide bonds. The number of rotatable bonds is 6. The number of aryl methyl sites for hydroxylation is 2. The predicted molar refractivity (Wildman–Crippen MR) is 141 cm³/mol. The van der Waals surface area contributed by atoms with Gasteiger partial charge in [0.2, 0.25) is 5.91 Å². The molecule has 1 aliphatic carbocycles. The van der Waals surface area contributed by atoms with Gasteiger partial charge in [-0.25, -0.2) is 4.79 Å². The molecule has 1 heterocycles. The van der Waals surface area contributed by atoms with Gasteiger partial charge < -0.3 is 15.3 Å². The van der Waals surface area contributed by atoms with Gasteiger partial charge in [0, 0.05) is 51.4 Å². The minimum absolute atomic E-state index is 0.121. The van der Waals surface area contributed by atoms with Crippen LogP contribution >= 0.6 is 0 Å². The van der Waals surface area contributed by atoms with Gasteiger partial charge in [-0.05, 0) is 58.9 Å². The van der Waals surface area contributed by atoms with E-state index in [2.05, 4.69) is 69.7 Å².